The minimum Gasteiger partial charge on any atom is -0.339 e. The smallest absolute Gasteiger partial charge is 0.319 e. The Bertz CT molecular complexity index is 532. The van der Waals surface area contributed by atoms with Crippen LogP contribution in [-0.4, -0.2) is 66.9 Å². The van der Waals surface area contributed by atoms with Gasteiger partial charge in [-0.05, 0) is 24.0 Å². The molecule has 0 atom stereocenters. The molecule has 0 unspecified atom stereocenters. The van der Waals surface area contributed by atoms with E-state index in [2.05, 4.69) is 31.2 Å². The molecule has 5 heteroatoms. The van der Waals surface area contributed by atoms with Crippen LogP contribution in [0.3, 0.4) is 0 Å². The predicted molar refractivity (Wildman–Crippen MR) is 91.4 cm³/mol. The van der Waals surface area contributed by atoms with E-state index >= 15 is 0 Å². The summed E-state index contributed by atoms with van der Waals surface area (Å²) in [4.78, 5) is 29.5. The van der Waals surface area contributed by atoms with E-state index in [4.69, 9.17) is 0 Å². The molecule has 0 radical (unpaired) electrons. The lowest BCUT2D eigenvalue weighted by Gasteiger charge is -2.36. The van der Waals surface area contributed by atoms with Crippen LogP contribution in [0.1, 0.15) is 24.5 Å². The molecular weight excluding hydrogens is 290 g/mol. The van der Waals surface area contributed by atoms with Crippen LogP contribution in [0.15, 0.2) is 24.3 Å². The number of hydrogen-bond donors (Lipinski definition) is 0. The fourth-order valence-corrected chi connectivity index (χ4v) is 2.78. The summed E-state index contributed by atoms with van der Waals surface area (Å²) in [6, 6.07) is 8.50. The average molecular weight is 317 g/mol. The molecule has 0 saturated carbocycles. The quantitative estimate of drug-likeness (QED) is 0.852. The van der Waals surface area contributed by atoms with E-state index < -0.39 is 0 Å². The van der Waals surface area contributed by atoms with Crippen LogP contribution in [-0.2, 0) is 17.6 Å². The summed E-state index contributed by atoms with van der Waals surface area (Å²) in [5.41, 5.74) is 2.53. The first kappa shape index (κ1) is 17.3. The summed E-state index contributed by atoms with van der Waals surface area (Å²) < 4.78 is 0. The van der Waals surface area contributed by atoms with Gasteiger partial charge in [-0.25, -0.2) is 4.79 Å². The second-order valence-corrected chi connectivity index (χ2v) is 6.21. The summed E-state index contributed by atoms with van der Waals surface area (Å²) in [6.07, 6.45) is 2.35. The first-order valence-electron chi connectivity index (χ1n) is 8.33. The van der Waals surface area contributed by atoms with Crippen LogP contribution >= 0.6 is 0 Å². The van der Waals surface area contributed by atoms with E-state index in [1.165, 1.54) is 11.1 Å². The minimum absolute atomic E-state index is 0.0214. The molecule has 1 saturated heterocycles. The highest BCUT2D eigenvalue weighted by molar-refractivity contribution is 5.77. The van der Waals surface area contributed by atoms with Gasteiger partial charge in [-0.1, -0.05) is 31.2 Å². The molecule has 1 fully saturated rings. The van der Waals surface area contributed by atoms with E-state index in [0.29, 0.717) is 32.6 Å². The fraction of sp³-hybridized carbons (Fsp3) is 0.556. The lowest BCUT2D eigenvalue weighted by atomic mass is 10.1. The Morgan fingerprint density at radius 1 is 0.957 bits per heavy atom. The third kappa shape index (κ3) is 4.71. The van der Waals surface area contributed by atoms with Crippen molar-refractivity contribution >= 4 is 11.9 Å². The first-order valence-corrected chi connectivity index (χ1v) is 8.33. The van der Waals surface area contributed by atoms with Crippen LogP contribution in [0.2, 0.25) is 0 Å². The summed E-state index contributed by atoms with van der Waals surface area (Å²) >= 11 is 0. The molecule has 0 aromatic heterocycles. The van der Waals surface area contributed by atoms with E-state index in [9.17, 15) is 9.59 Å². The fourth-order valence-electron chi connectivity index (χ4n) is 2.78. The van der Waals surface area contributed by atoms with Crippen molar-refractivity contribution in [3.8, 4) is 0 Å². The lowest BCUT2D eigenvalue weighted by Crippen LogP contribution is -2.52. The van der Waals surface area contributed by atoms with Gasteiger partial charge in [0, 0.05) is 46.7 Å². The molecular formula is C18H27N3O2. The molecule has 1 heterocycles. The summed E-state index contributed by atoms with van der Waals surface area (Å²) in [5.74, 6) is 0.182. The topological polar surface area (TPSA) is 43.9 Å². The van der Waals surface area contributed by atoms with Crippen molar-refractivity contribution in [1.82, 2.24) is 14.7 Å². The number of rotatable bonds is 4. The number of hydrogen-bond acceptors (Lipinski definition) is 2. The van der Waals surface area contributed by atoms with Crippen LogP contribution in [0, 0.1) is 0 Å². The first-order chi connectivity index (χ1) is 11.0. The number of aryl methyl sites for hydroxylation is 2. The average Bonchev–Trinajstić information content (AvgIpc) is 2.59. The Kier molecular flexibility index (Phi) is 6.02. The third-order valence-electron chi connectivity index (χ3n) is 4.34. The zero-order valence-corrected chi connectivity index (χ0v) is 14.4. The molecule has 0 bridgehead atoms. The van der Waals surface area contributed by atoms with Crippen LogP contribution < -0.4 is 0 Å². The summed E-state index contributed by atoms with van der Waals surface area (Å²) in [5, 5.41) is 0. The van der Waals surface area contributed by atoms with Gasteiger partial charge < -0.3 is 14.7 Å². The number of carbonyl (C=O) groups is 2. The van der Waals surface area contributed by atoms with Gasteiger partial charge in [-0.15, -0.1) is 0 Å². The van der Waals surface area contributed by atoms with Crippen molar-refractivity contribution in [3.05, 3.63) is 35.4 Å². The highest BCUT2D eigenvalue weighted by Crippen LogP contribution is 2.10. The maximum atomic E-state index is 12.3. The molecule has 1 aliphatic heterocycles. The Labute approximate surface area is 138 Å². The lowest BCUT2D eigenvalue weighted by molar-refractivity contribution is -0.132. The second kappa shape index (κ2) is 7.99. The SMILES string of the molecule is CCc1ccc(CCC(=O)N2CCN(C(=O)N(C)C)CC2)cc1. The highest BCUT2D eigenvalue weighted by atomic mass is 16.2. The van der Waals surface area contributed by atoms with E-state index in [1.54, 1.807) is 23.9 Å². The van der Waals surface area contributed by atoms with Crippen molar-refractivity contribution in [2.24, 2.45) is 0 Å². The van der Waals surface area contributed by atoms with Gasteiger partial charge in [0.2, 0.25) is 5.91 Å². The number of nitrogens with zero attached hydrogens (tertiary/aromatic N) is 3. The molecule has 2 rings (SSSR count). The van der Waals surface area contributed by atoms with Gasteiger partial charge >= 0.3 is 6.03 Å². The van der Waals surface area contributed by atoms with Crippen molar-refractivity contribution in [3.63, 3.8) is 0 Å². The number of carbonyl (C=O) groups excluding carboxylic acids is 2. The molecule has 3 amide bonds. The molecule has 126 valence electrons. The molecule has 1 aliphatic rings. The Morgan fingerprint density at radius 2 is 1.48 bits per heavy atom. The van der Waals surface area contributed by atoms with E-state index in [0.717, 1.165) is 12.8 Å². The predicted octanol–water partition coefficient (Wildman–Crippen LogP) is 2.01. The monoisotopic (exact) mass is 317 g/mol. The number of amides is 3. The van der Waals surface area contributed by atoms with Crippen molar-refractivity contribution in [2.75, 3.05) is 40.3 Å². The maximum absolute atomic E-state index is 12.3. The number of urea groups is 1. The van der Waals surface area contributed by atoms with Gasteiger partial charge in [-0.2, -0.15) is 0 Å². The Balaban J connectivity index is 1.77. The Hall–Kier alpha value is -2.04. The summed E-state index contributed by atoms with van der Waals surface area (Å²) in [6.45, 7) is 4.64. The second-order valence-electron chi connectivity index (χ2n) is 6.21. The van der Waals surface area contributed by atoms with Gasteiger partial charge in [-0.3, -0.25) is 4.79 Å². The highest BCUT2D eigenvalue weighted by Gasteiger charge is 2.24. The van der Waals surface area contributed by atoms with E-state index in [-0.39, 0.29) is 11.9 Å². The van der Waals surface area contributed by atoms with Gasteiger partial charge in [0.15, 0.2) is 0 Å². The largest absolute Gasteiger partial charge is 0.339 e. The van der Waals surface area contributed by atoms with Crippen LogP contribution in [0.4, 0.5) is 4.79 Å². The van der Waals surface area contributed by atoms with Crippen molar-refractivity contribution in [1.29, 1.82) is 0 Å². The van der Waals surface area contributed by atoms with Crippen molar-refractivity contribution < 1.29 is 9.59 Å². The number of benzene rings is 1. The molecule has 1 aromatic rings. The van der Waals surface area contributed by atoms with Crippen LogP contribution in [0.25, 0.3) is 0 Å². The molecule has 0 aliphatic carbocycles. The van der Waals surface area contributed by atoms with Gasteiger partial charge in [0.25, 0.3) is 0 Å². The molecule has 0 N–H and O–H groups in total. The number of piperazine rings is 1. The molecule has 0 spiro atoms. The van der Waals surface area contributed by atoms with E-state index in [1.807, 2.05) is 4.90 Å². The zero-order chi connectivity index (χ0) is 16.8. The summed E-state index contributed by atoms with van der Waals surface area (Å²) in [7, 11) is 3.51. The third-order valence-corrected chi connectivity index (χ3v) is 4.34. The Morgan fingerprint density at radius 3 is 2.00 bits per heavy atom. The standard InChI is InChI=1S/C18H27N3O2/c1-4-15-5-7-16(8-6-15)9-10-17(22)20-11-13-21(14-12-20)18(23)19(2)3/h5-8H,4,9-14H2,1-3H3. The van der Waals surface area contributed by atoms with Gasteiger partial charge in [0.05, 0.1) is 0 Å². The maximum Gasteiger partial charge on any atom is 0.319 e. The zero-order valence-electron chi connectivity index (χ0n) is 14.4. The minimum atomic E-state index is 0.0214. The molecule has 5 nitrogen and oxygen atoms in total. The van der Waals surface area contributed by atoms with Crippen molar-refractivity contribution in [2.45, 2.75) is 26.2 Å². The molecule has 1 aromatic carbocycles. The molecule has 23 heavy (non-hydrogen) atoms. The van der Waals surface area contributed by atoms with Crippen LogP contribution in [0.5, 0.6) is 0 Å². The normalized spacial score (nSPS) is 14.7. The van der Waals surface area contributed by atoms with Gasteiger partial charge in [0.1, 0.15) is 0 Å².